The summed E-state index contributed by atoms with van der Waals surface area (Å²) in [5.41, 5.74) is 10.1. The van der Waals surface area contributed by atoms with Crippen LogP contribution in [0.5, 0.6) is 0 Å². The number of piperazine rings is 1. The molecule has 1 saturated heterocycles. The van der Waals surface area contributed by atoms with Crippen LogP contribution in [-0.2, 0) is 6.54 Å². The largest absolute Gasteiger partial charge is 0.399 e. The van der Waals surface area contributed by atoms with Crippen LogP contribution >= 0.6 is 24.8 Å². The van der Waals surface area contributed by atoms with E-state index < -0.39 is 0 Å². The second kappa shape index (κ2) is 10.5. The Morgan fingerprint density at radius 2 is 1.78 bits per heavy atom. The van der Waals surface area contributed by atoms with Crippen molar-refractivity contribution in [1.29, 1.82) is 0 Å². The number of carbonyl (C=O) groups excluding carboxylic acids is 1. The zero-order valence-electron chi connectivity index (χ0n) is 15.8. The fourth-order valence-electron chi connectivity index (χ4n) is 3.04. The zero-order chi connectivity index (χ0) is 17.8. The number of aryl methyl sites for hydroxylation is 1. The van der Waals surface area contributed by atoms with Crippen LogP contribution in [0, 0.1) is 6.92 Å². The van der Waals surface area contributed by atoms with E-state index in [1.807, 2.05) is 37.3 Å². The lowest BCUT2D eigenvalue weighted by molar-refractivity contribution is 0.102. The molecule has 2 aromatic carbocycles. The summed E-state index contributed by atoms with van der Waals surface area (Å²) in [6.07, 6.45) is 0. The number of amides is 1. The Morgan fingerprint density at radius 1 is 1.07 bits per heavy atom. The molecule has 1 aliphatic rings. The highest BCUT2D eigenvalue weighted by molar-refractivity contribution is 6.05. The van der Waals surface area contributed by atoms with E-state index >= 15 is 0 Å². The molecule has 148 valence electrons. The average molecular weight is 411 g/mol. The lowest BCUT2D eigenvalue weighted by Gasteiger charge is -2.32. The van der Waals surface area contributed by atoms with Gasteiger partial charge in [-0.05, 0) is 49.4 Å². The number of hydrogen-bond donors (Lipinski definition) is 2. The normalized spacial score (nSPS) is 14.7. The van der Waals surface area contributed by atoms with Crippen LogP contribution in [0.25, 0.3) is 0 Å². The molecule has 7 heteroatoms. The number of hydrogen-bond acceptors (Lipinski definition) is 4. The highest BCUT2D eigenvalue weighted by atomic mass is 35.5. The number of nitrogen functional groups attached to an aromatic ring is 1. The van der Waals surface area contributed by atoms with Crippen molar-refractivity contribution in [1.82, 2.24) is 9.80 Å². The molecule has 1 aliphatic heterocycles. The third-order valence-electron chi connectivity index (χ3n) is 4.70. The van der Waals surface area contributed by atoms with Crippen molar-refractivity contribution < 1.29 is 4.79 Å². The molecule has 27 heavy (non-hydrogen) atoms. The maximum absolute atomic E-state index is 12.6. The highest BCUT2D eigenvalue weighted by Gasteiger charge is 2.15. The van der Waals surface area contributed by atoms with Crippen molar-refractivity contribution in [2.75, 3.05) is 44.3 Å². The van der Waals surface area contributed by atoms with Gasteiger partial charge in [0, 0.05) is 49.7 Å². The second-order valence-corrected chi connectivity index (χ2v) is 6.81. The van der Waals surface area contributed by atoms with E-state index in [1.54, 1.807) is 6.07 Å². The summed E-state index contributed by atoms with van der Waals surface area (Å²) in [6.45, 7) is 7.15. The SMILES string of the molecule is Cc1ccc(N)cc1NC(=O)c1cccc(CN2CCN(C)CC2)c1.Cl.Cl. The molecule has 5 nitrogen and oxygen atoms in total. The van der Waals surface area contributed by atoms with Crippen molar-refractivity contribution in [2.24, 2.45) is 0 Å². The summed E-state index contributed by atoms with van der Waals surface area (Å²) in [6, 6.07) is 13.4. The monoisotopic (exact) mass is 410 g/mol. The van der Waals surface area contributed by atoms with Crippen LogP contribution < -0.4 is 11.1 Å². The Hall–Kier alpha value is -1.79. The van der Waals surface area contributed by atoms with E-state index in [9.17, 15) is 4.79 Å². The highest BCUT2D eigenvalue weighted by Crippen LogP contribution is 2.19. The van der Waals surface area contributed by atoms with Crippen molar-refractivity contribution in [2.45, 2.75) is 13.5 Å². The van der Waals surface area contributed by atoms with Crippen LogP contribution in [0.1, 0.15) is 21.5 Å². The molecule has 0 unspecified atom stereocenters. The molecule has 3 rings (SSSR count). The van der Waals surface area contributed by atoms with Crippen LogP contribution in [0.4, 0.5) is 11.4 Å². The minimum atomic E-state index is -0.103. The van der Waals surface area contributed by atoms with Crippen molar-refractivity contribution in [3.63, 3.8) is 0 Å². The predicted molar refractivity (Wildman–Crippen MR) is 117 cm³/mol. The predicted octanol–water partition coefficient (Wildman–Crippen LogP) is 3.42. The lowest BCUT2D eigenvalue weighted by Crippen LogP contribution is -2.43. The summed E-state index contributed by atoms with van der Waals surface area (Å²) >= 11 is 0. The molecule has 1 fully saturated rings. The molecule has 0 saturated carbocycles. The third-order valence-corrected chi connectivity index (χ3v) is 4.70. The van der Waals surface area contributed by atoms with Gasteiger partial charge in [-0.2, -0.15) is 0 Å². The number of nitrogens with two attached hydrogens (primary N) is 1. The Kier molecular flexibility index (Phi) is 9.06. The summed E-state index contributed by atoms with van der Waals surface area (Å²) in [4.78, 5) is 17.4. The van der Waals surface area contributed by atoms with Crippen LogP contribution in [0.2, 0.25) is 0 Å². The van der Waals surface area contributed by atoms with Gasteiger partial charge >= 0.3 is 0 Å². The Morgan fingerprint density at radius 3 is 2.48 bits per heavy atom. The number of halogens is 2. The standard InChI is InChI=1S/C20H26N4O.2ClH/c1-15-6-7-18(21)13-19(15)22-20(25)17-5-3-4-16(12-17)14-24-10-8-23(2)9-11-24;;/h3-7,12-13H,8-11,14,21H2,1-2H3,(H,22,25);2*1H. The molecule has 2 aromatic rings. The average Bonchev–Trinajstić information content (AvgIpc) is 2.60. The molecule has 0 radical (unpaired) electrons. The number of benzene rings is 2. The van der Waals surface area contributed by atoms with E-state index in [2.05, 4.69) is 28.2 Å². The molecule has 1 amide bonds. The van der Waals surface area contributed by atoms with Gasteiger partial charge in [0.05, 0.1) is 0 Å². The molecular formula is C20H28Cl2N4O. The van der Waals surface area contributed by atoms with Gasteiger partial charge in [-0.1, -0.05) is 18.2 Å². The van der Waals surface area contributed by atoms with Crippen molar-refractivity contribution >= 4 is 42.1 Å². The maximum Gasteiger partial charge on any atom is 0.255 e. The summed E-state index contributed by atoms with van der Waals surface area (Å²) in [5.74, 6) is -0.103. The van der Waals surface area contributed by atoms with Gasteiger partial charge in [0.1, 0.15) is 0 Å². The second-order valence-electron chi connectivity index (χ2n) is 6.81. The van der Waals surface area contributed by atoms with E-state index in [1.165, 1.54) is 5.56 Å². The first-order chi connectivity index (χ1) is 12.0. The topological polar surface area (TPSA) is 61.6 Å². The lowest BCUT2D eigenvalue weighted by atomic mass is 10.1. The van der Waals surface area contributed by atoms with Gasteiger partial charge in [0.25, 0.3) is 5.91 Å². The molecule has 0 spiro atoms. The Labute approximate surface area is 173 Å². The first-order valence-electron chi connectivity index (χ1n) is 8.68. The number of likely N-dealkylation sites (N-methyl/N-ethyl adjacent to an activating group) is 1. The van der Waals surface area contributed by atoms with E-state index in [4.69, 9.17) is 5.73 Å². The van der Waals surface area contributed by atoms with E-state index in [0.29, 0.717) is 11.3 Å². The minimum absolute atomic E-state index is 0. The van der Waals surface area contributed by atoms with Crippen LogP contribution in [-0.4, -0.2) is 48.9 Å². The van der Waals surface area contributed by atoms with Gasteiger partial charge in [-0.3, -0.25) is 9.69 Å². The first kappa shape index (κ1) is 23.2. The van der Waals surface area contributed by atoms with Gasteiger partial charge < -0.3 is 16.0 Å². The number of anilines is 2. The molecule has 0 atom stereocenters. The summed E-state index contributed by atoms with van der Waals surface area (Å²) in [7, 11) is 2.15. The fourth-order valence-corrected chi connectivity index (χ4v) is 3.04. The van der Waals surface area contributed by atoms with Crippen LogP contribution in [0.15, 0.2) is 42.5 Å². The number of rotatable bonds is 4. The smallest absolute Gasteiger partial charge is 0.255 e. The molecular weight excluding hydrogens is 383 g/mol. The molecule has 1 heterocycles. The summed E-state index contributed by atoms with van der Waals surface area (Å²) in [5, 5.41) is 2.96. The number of nitrogens with zero attached hydrogens (tertiary/aromatic N) is 2. The maximum atomic E-state index is 12.6. The molecule has 3 N–H and O–H groups in total. The number of nitrogens with one attached hydrogen (secondary N) is 1. The summed E-state index contributed by atoms with van der Waals surface area (Å²) < 4.78 is 0. The Balaban J connectivity index is 0.00000182. The molecule has 0 bridgehead atoms. The zero-order valence-corrected chi connectivity index (χ0v) is 17.4. The van der Waals surface area contributed by atoms with Crippen molar-refractivity contribution in [3.8, 4) is 0 Å². The quantitative estimate of drug-likeness (QED) is 0.757. The van der Waals surface area contributed by atoms with Gasteiger partial charge in [-0.25, -0.2) is 0 Å². The Bertz CT molecular complexity index is 761. The fraction of sp³-hybridized carbons (Fsp3) is 0.350. The molecule has 0 aromatic heterocycles. The van der Waals surface area contributed by atoms with Gasteiger partial charge in [-0.15, -0.1) is 24.8 Å². The third kappa shape index (κ3) is 6.40. The molecule has 0 aliphatic carbocycles. The van der Waals surface area contributed by atoms with Gasteiger partial charge in [0.2, 0.25) is 0 Å². The van der Waals surface area contributed by atoms with Gasteiger partial charge in [0.15, 0.2) is 0 Å². The minimum Gasteiger partial charge on any atom is -0.399 e. The van der Waals surface area contributed by atoms with Crippen LogP contribution in [0.3, 0.4) is 0 Å². The number of carbonyl (C=O) groups is 1. The van der Waals surface area contributed by atoms with Crippen molar-refractivity contribution in [3.05, 3.63) is 59.2 Å². The van der Waals surface area contributed by atoms with E-state index in [0.717, 1.165) is 44.0 Å². The first-order valence-corrected chi connectivity index (χ1v) is 8.68. The van der Waals surface area contributed by atoms with E-state index in [-0.39, 0.29) is 30.7 Å².